The Morgan fingerprint density at radius 2 is 1.65 bits per heavy atom. The van der Waals surface area contributed by atoms with Crippen LogP contribution in [0.2, 0.25) is 0 Å². The molecule has 11 rings (SSSR count). The number of aliphatic hydroxyl groups is 1. The normalized spacial score (nSPS) is 20.8. The second-order valence-corrected chi connectivity index (χ2v) is 28.0. The van der Waals surface area contributed by atoms with Gasteiger partial charge in [0.1, 0.15) is 46.3 Å². The van der Waals surface area contributed by atoms with Gasteiger partial charge in [-0.15, -0.1) is 17.8 Å². The molecule has 5 fully saturated rings. The van der Waals surface area contributed by atoms with Crippen molar-refractivity contribution in [3.8, 4) is 45.8 Å². The molecule has 91 heavy (non-hydrogen) atoms. The number of nitrogens with one attached hydrogen (secondary N) is 2. The topological polar surface area (TPSA) is 223 Å². The van der Waals surface area contributed by atoms with Gasteiger partial charge in [-0.25, -0.2) is 18.6 Å². The monoisotopic (exact) mass is 1270 g/mol. The van der Waals surface area contributed by atoms with Crippen LogP contribution in [0.5, 0.6) is 11.8 Å². The molecular formula is C68H82F2N10O10S. The number of amides is 4. The van der Waals surface area contributed by atoms with Gasteiger partial charge in [0, 0.05) is 81.8 Å². The summed E-state index contributed by atoms with van der Waals surface area (Å²) in [5.74, 6) is 0.574. The average Bonchev–Trinajstić information content (AvgIpc) is 1.68. The number of piperidine rings is 1. The van der Waals surface area contributed by atoms with Crippen molar-refractivity contribution >= 4 is 62.6 Å². The standard InChI is InChI=1S/C68H82F2N10O10S/c1-11-49-52(69)19-16-43-28-48(89-38-86-10)30-50(55(43)49)57-56(70)58-51(31-71-57)61(78-32-44-17-18-45(33-78)80(44)65(85)90-67(7,8)9)76-64(75-58)88-36-68(23-24-68)35-77-25-20-47(21-26-77)87-27-22-54(82)74-60(66(4,5)6)63(84)79-34-46(81)29-53(79)62(83)73-39(2)41-12-14-42(15-13-41)59-40(3)72-37-91-59/h1,12-16,19,28,30-31,37,39,44-47,53,60,81H,17-18,20-27,29,32-36,38H2,2-10H3,(H,73,83)(H,74,82)/t39-,44?,45?,46+,53-,60+/m0/s1. The molecule has 3 aromatic heterocycles. The number of methoxy groups -OCH3 is 1. The van der Waals surface area contributed by atoms with E-state index in [0.29, 0.717) is 35.4 Å². The molecule has 7 heterocycles. The summed E-state index contributed by atoms with van der Waals surface area (Å²) in [6.45, 7) is 18.3. The fourth-order valence-electron chi connectivity index (χ4n) is 13.2. The summed E-state index contributed by atoms with van der Waals surface area (Å²) in [4.78, 5) is 82.9. The first-order valence-corrected chi connectivity index (χ1v) is 32.3. The molecule has 4 amide bonds. The van der Waals surface area contributed by atoms with E-state index >= 15 is 8.78 Å². The van der Waals surface area contributed by atoms with Gasteiger partial charge in [0.15, 0.2) is 12.6 Å². The zero-order valence-corrected chi connectivity index (χ0v) is 54.1. The van der Waals surface area contributed by atoms with Gasteiger partial charge in [0.25, 0.3) is 0 Å². The van der Waals surface area contributed by atoms with Crippen LogP contribution < -0.4 is 25.0 Å². The highest BCUT2D eigenvalue weighted by molar-refractivity contribution is 7.13. The number of carbonyl (C=O) groups excluding carboxylic acids is 4. The number of likely N-dealkylation sites (tertiary alicyclic amines) is 2. The van der Waals surface area contributed by atoms with Crippen LogP contribution >= 0.6 is 11.3 Å². The summed E-state index contributed by atoms with van der Waals surface area (Å²) in [7, 11) is 1.48. The summed E-state index contributed by atoms with van der Waals surface area (Å²) >= 11 is 1.57. The number of nitrogens with zero attached hydrogens (tertiary/aromatic N) is 8. The Labute approximate surface area is 533 Å². The molecule has 6 atom stereocenters. The van der Waals surface area contributed by atoms with Crippen LogP contribution in [-0.4, -0.2) is 172 Å². The largest absolute Gasteiger partial charge is 0.468 e. The Morgan fingerprint density at radius 3 is 2.30 bits per heavy atom. The molecule has 4 saturated heterocycles. The lowest BCUT2D eigenvalue weighted by Gasteiger charge is -2.42. The quantitative estimate of drug-likeness (QED) is 0.0478. The number of terminal acetylenes is 1. The molecule has 484 valence electrons. The van der Waals surface area contributed by atoms with Crippen molar-refractivity contribution in [2.24, 2.45) is 10.8 Å². The second-order valence-electron chi connectivity index (χ2n) is 27.1. The SMILES string of the molecule is C#Cc1c(F)ccc2cc(OCOC)cc(-c3ncc4c(N5CC6CCC(C5)N6C(=O)OC(C)(C)C)nc(OCC5(CN6CCC(OCCC(=O)N[C@H](C(=O)N7C[C@H](O)C[C@H]7C(=O)N[C@@H](C)c7ccc(-c8scnc8C)cc7)C(C)(C)C)CC6)CC5)nc4c3F)c12. The number of aromatic nitrogens is 4. The predicted octanol–water partition coefficient (Wildman–Crippen LogP) is 9.51. The van der Waals surface area contributed by atoms with Crippen molar-refractivity contribution in [2.75, 3.05) is 71.3 Å². The number of benzene rings is 3. The molecule has 1 aliphatic carbocycles. The molecular weight excluding hydrogens is 1190 g/mol. The minimum absolute atomic E-state index is 0.0216. The van der Waals surface area contributed by atoms with Crippen LogP contribution in [0.3, 0.4) is 0 Å². The smallest absolute Gasteiger partial charge is 0.410 e. The van der Waals surface area contributed by atoms with Gasteiger partial charge in [-0.3, -0.25) is 24.3 Å². The van der Waals surface area contributed by atoms with E-state index in [0.717, 1.165) is 79.9 Å². The summed E-state index contributed by atoms with van der Waals surface area (Å²) < 4.78 is 62.8. The molecule has 2 bridgehead atoms. The summed E-state index contributed by atoms with van der Waals surface area (Å²) in [5, 5.41) is 17.9. The number of aliphatic hydroxyl groups excluding tert-OH is 1. The third-order valence-corrected chi connectivity index (χ3v) is 19.1. The maximum Gasteiger partial charge on any atom is 0.410 e. The first kappa shape index (κ1) is 64.9. The minimum atomic E-state index is -0.971. The Kier molecular flexibility index (Phi) is 18.9. The second kappa shape index (κ2) is 26.5. The number of carbonyl (C=O) groups is 4. The van der Waals surface area contributed by atoms with Crippen LogP contribution in [0, 0.1) is 41.7 Å². The van der Waals surface area contributed by atoms with Crippen molar-refractivity contribution in [1.29, 1.82) is 0 Å². The first-order valence-electron chi connectivity index (χ1n) is 31.4. The third kappa shape index (κ3) is 14.4. The Balaban J connectivity index is 0.721. The fraction of sp³-hybridized carbons (Fsp3) is 0.529. The molecule has 1 saturated carbocycles. The Hall–Kier alpha value is -7.62. The van der Waals surface area contributed by atoms with Crippen LogP contribution in [0.25, 0.3) is 43.4 Å². The highest BCUT2D eigenvalue weighted by Crippen LogP contribution is 2.48. The summed E-state index contributed by atoms with van der Waals surface area (Å²) in [6, 6.07) is 11.3. The third-order valence-electron chi connectivity index (χ3n) is 18.1. The van der Waals surface area contributed by atoms with Crippen LogP contribution in [-0.2, 0) is 28.6 Å². The molecule has 23 heteroatoms. The van der Waals surface area contributed by atoms with Gasteiger partial charge >= 0.3 is 12.1 Å². The lowest BCUT2D eigenvalue weighted by atomic mass is 9.85. The van der Waals surface area contributed by atoms with Crippen molar-refractivity contribution in [3.63, 3.8) is 0 Å². The maximum absolute atomic E-state index is 17.7. The predicted molar refractivity (Wildman–Crippen MR) is 341 cm³/mol. The van der Waals surface area contributed by atoms with Crippen molar-refractivity contribution in [3.05, 3.63) is 88.7 Å². The van der Waals surface area contributed by atoms with E-state index in [1.54, 1.807) is 29.5 Å². The molecule has 0 radical (unpaired) electrons. The highest BCUT2D eigenvalue weighted by Gasteiger charge is 2.48. The molecule has 3 N–H and O–H groups in total. The lowest BCUT2D eigenvalue weighted by molar-refractivity contribution is -0.144. The van der Waals surface area contributed by atoms with Crippen molar-refractivity contribution in [1.82, 2.24) is 45.3 Å². The fourth-order valence-corrected chi connectivity index (χ4v) is 14.0. The van der Waals surface area contributed by atoms with E-state index in [-0.39, 0.29) is 121 Å². The van der Waals surface area contributed by atoms with E-state index in [4.69, 9.17) is 40.1 Å². The van der Waals surface area contributed by atoms with E-state index in [9.17, 15) is 24.3 Å². The van der Waals surface area contributed by atoms with E-state index in [1.807, 2.05) is 95.0 Å². The number of piperazine rings is 1. The number of aryl methyl sites for hydroxylation is 1. The number of hydrogen-bond donors (Lipinski definition) is 3. The maximum atomic E-state index is 17.7. The summed E-state index contributed by atoms with van der Waals surface area (Å²) in [5.41, 5.74) is 3.03. The van der Waals surface area contributed by atoms with Gasteiger partial charge in [0.05, 0.1) is 70.6 Å². The van der Waals surface area contributed by atoms with Crippen molar-refractivity contribution in [2.45, 2.75) is 155 Å². The van der Waals surface area contributed by atoms with Crippen molar-refractivity contribution < 1.29 is 56.7 Å². The summed E-state index contributed by atoms with van der Waals surface area (Å²) in [6.07, 6.45) is 10.9. The minimum Gasteiger partial charge on any atom is -0.468 e. The number of β-amino-alcohol motifs (C(OH)–C–C–N with tert-alkyl or cyclic N) is 1. The number of fused-ring (bicyclic) bond motifs is 4. The zero-order valence-electron chi connectivity index (χ0n) is 53.3. The Bertz CT molecular complexity index is 3730. The number of ether oxygens (including phenoxy) is 5. The number of hydrogen-bond acceptors (Lipinski definition) is 17. The zero-order chi connectivity index (χ0) is 64.7. The number of halogens is 2. The Morgan fingerprint density at radius 1 is 0.923 bits per heavy atom. The van der Waals surface area contributed by atoms with Crippen LogP contribution in [0.4, 0.5) is 19.4 Å². The van der Waals surface area contributed by atoms with Gasteiger partial charge in [-0.05, 0) is 113 Å². The molecule has 6 aromatic rings. The molecule has 4 aliphatic heterocycles. The molecule has 20 nitrogen and oxygen atoms in total. The van der Waals surface area contributed by atoms with E-state index in [1.165, 1.54) is 24.3 Å². The number of anilines is 1. The highest BCUT2D eigenvalue weighted by atomic mass is 32.1. The van der Waals surface area contributed by atoms with Crippen LogP contribution in [0.15, 0.2) is 60.2 Å². The molecule has 2 unspecified atom stereocenters. The average molecular weight is 1270 g/mol. The van der Waals surface area contributed by atoms with Gasteiger partial charge < -0.3 is 54.1 Å². The van der Waals surface area contributed by atoms with E-state index < -0.39 is 46.7 Å². The molecule has 3 aromatic carbocycles. The van der Waals surface area contributed by atoms with Gasteiger partial charge in [-0.1, -0.05) is 57.0 Å². The lowest BCUT2D eigenvalue weighted by Crippen LogP contribution is -2.58. The van der Waals surface area contributed by atoms with Crippen LogP contribution in [0.1, 0.15) is 123 Å². The van der Waals surface area contributed by atoms with E-state index in [2.05, 4.69) is 31.4 Å². The number of thiazole rings is 1. The number of rotatable bonds is 20. The molecule has 5 aliphatic rings. The molecule has 0 spiro atoms. The van der Waals surface area contributed by atoms with Gasteiger partial charge in [-0.2, -0.15) is 9.97 Å². The first-order chi connectivity index (χ1) is 43.4. The van der Waals surface area contributed by atoms with Gasteiger partial charge in [0.2, 0.25) is 17.7 Å². The number of pyridine rings is 1.